The number of hydrogen-bond donors (Lipinski definition) is 0. The van der Waals surface area contributed by atoms with Crippen molar-refractivity contribution in [3.63, 3.8) is 0 Å². The monoisotopic (exact) mass is 441 g/mol. The van der Waals surface area contributed by atoms with Crippen LogP contribution in [0.3, 0.4) is 0 Å². The maximum Gasteiger partial charge on any atom is 0.410 e. The largest absolute Gasteiger partial charge is 0.490 e. The Bertz CT molecular complexity index is 919. The molecule has 1 saturated heterocycles. The molecule has 3 rings (SSSR count). The van der Waals surface area contributed by atoms with E-state index in [1.54, 1.807) is 40.4 Å². The second-order valence-corrected chi connectivity index (χ2v) is 8.50. The SMILES string of the molecule is CCOc1cc(C(=O)N2CCN(C(=O)OC(C)(C)C)CC2)ccc1OCc1cccnc1. The smallest absolute Gasteiger partial charge is 0.410 e. The van der Waals surface area contributed by atoms with Gasteiger partial charge in [0.05, 0.1) is 6.61 Å². The van der Waals surface area contributed by atoms with Crippen LogP contribution < -0.4 is 9.47 Å². The zero-order valence-corrected chi connectivity index (χ0v) is 19.2. The van der Waals surface area contributed by atoms with Crippen LogP contribution in [0.4, 0.5) is 4.79 Å². The molecule has 0 atom stereocenters. The quantitative estimate of drug-likeness (QED) is 0.679. The molecule has 0 bridgehead atoms. The lowest BCUT2D eigenvalue weighted by molar-refractivity contribution is 0.0141. The van der Waals surface area contributed by atoms with Gasteiger partial charge in [-0.15, -0.1) is 0 Å². The minimum atomic E-state index is -0.541. The molecular formula is C24H31N3O5. The van der Waals surface area contributed by atoms with E-state index in [1.165, 1.54) is 0 Å². The minimum absolute atomic E-state index is 0.103. The Labute approximate surface area is 189 Å². The number of aromatic nitrogens is 1. The first-order chi connectivity index (χ1) is 15.3. The molecule has 0 aliphatic carbocycles. The van der Waals surface area contributed by atoms with E-state index in [0.29, 0.717) is 56.5 Å². The Kier molecular flexibility index (Phi) is 7.56. The predicted octanol–water partition coefficient (Wildman–Crippen LogP) is 3.75. The zero-order chi connectivity index (χ0) is 23.1. The standard InChI is InChI=1S/C24H31N3O5/c1-5-30-21-15-19(8-9-20(21)31-17-18-7-6-10-25-16-18)22(28)26-11-13-27(14-12-26)23(29)32-24(2,3)4/h6-10,15-16H,5,11-14,17H2,1-4H3. The van der Waals surface area contributed by atoms with Crippen molar-refractivity contribution in [3.05, 3.63) is 53.9 Å². The molecule has 0 unspecified atom stereocenters. The van der Waals surface area contributed by atoms with E-state index in [1.807, 2.05) is 39.8 Å². The van der Waals surface area contributed by atoms with Gasteiger partial charge in [-0.05, 0) is 52.0 Å². The van der Waals surface area contributed by atoms with Gasteiger partial charge in [0.25, 0.3) is 5.91 Å². The number of ether oxygens (including phenoxy) is 3. The summed E-state index contributed by atoms with van der Waals surface area (Å²) in [5.41, 5.74) is 0.923. The van der Waals surface area contributed by atoms with Crippen molar-refractivity contribution < 1.29 is 23.8 Å². The molecule has 32 heavy (non-hydrogen) atoms. The molecule has 2 amide bonds. The summed E-state index contributed by atoms with van der Waals surface area (Å²) in [6.45, 7) is 9.97. The third-order valence-electron chi connectivity index (χ3n) is 4.83. The van der Waals surface area contributed by atoms with Crippen LogP contribution in [0.2, 0.25) is 0 Å². The van der Waals surface area contributed by atoms with Crippen molar-refractivity contribution in [1.82, 2.24) is 14.8 Å². The molecule has 1 aromatic heterocycles. The lowest BCUT2D eigenvalue weighted by atomic mass is 10.1. The first kappa shape index (κ1) is 23.4. The van der Waals surface area contributed by atoms with Gasteiger partial charge in [0.15, 0.2) is 11.5 Å². The van der Waals surface area contributed by atoms with Gasteiger partial charge >= 0.3 is 6.09 Å². The fourth-order valence-corrected chi connectivity index (χ4v) is 3.27. The summed E-state index contributed by atoms with van der Waals surface area (Å²) < 4.78 is 17.0. The summed E-state index contributed by atoms with van der Waals surface area (Å²) in [7, 11) is 0. The third-order valence-corrected chi connectivity index (χ3v) is 4.83. The van der Waals surface area contributed by atoms with Crippen molar-refractivity contribution in [2.75, 3.05) is 32.8 Å². The Morgan fingerprint density at radius 3 is 2.34 bits per heavy atom. The summed E-state index contributed by atoms with van der Waals surface area (Å²) in [5.74, 6) is 0.991. The molecule has 2 aromatic rings. The van der Waals surface area contributed by atoms with Crippen LogP contribution in [0.1, 0.15) is 43.6 Å². The number of hydrogen-bond acceptors (Lipinski definition) is 6. The van der Waals surface area contributed by atoms with Crippen LogP contribution >= 0.6 is 0 Å². The molecule has 0 radical (unpaired) electrons. The number of amides is 2. The van der Waals surface area contributed by atoms with Gasteiger partial charge in [0.1, 0.15) is 12.2 Å². The molecule has 8 nitrogen and oxygen atoms in total. The third kappa shape index (κ3) is 6.35. The first-order valence-electron chi connectivity index (χ1n) is 10.8. The summed E-state index contributed by atoms with van der Waals surface area (Å²) >= 11 is 0. The van der Waals surface area contributed by atoms with Gasteiger partial charge in [-0.3, -0.25) is 9.78 Å². The van der Waals surface area contributed by atoms with Gasteiger partial charge in [-0.25, -0.2) is 4.79 Å². The Morgan fingerprint density at radius 2 is 1.72 bits per heavy atom. The van der Waals surface area contributed by atoms with Crippen molar-refractivity contribution in [1.29, 1.82) is 0 Å². The lowest BCUT2D eigenvalue weighted by Crippen LogP contribution is -2.51. The van der Waals surface area contributed by atoms with Crippen molar-refractivity contribution >= 4 is 12.0 Å². The molecule has 1 aliphatic heterocycles. The Hall–Kier alpha value is -3.29. The van der Waals surface area contributed by atoms with E-state index in [-0.39, 0.29) is 12.0 Å². The molecule has 1 aromatic carbocycles. The van der Waals surface area contributed by atoms with Gasteiger partial charge in [0, 0.05) is 49.7 Å². The van der Waals surface area contributed by atoms with Crippen LogP contribution in [0.15, 0.2) is 42.7 Å². The zero-order valence-electron chi connectivity index (χ0n) is 19.2. The van der Waals surface area contributed by atoms with Crippen LogP contribution in [0, 0.1) is 0 Å². The van der Waals surface area contributed by atoms with Crippen molar-refractivity contribution in [3.8, 4) is 11.5 Å². The average Bonchev–Trinajstić information content (AvgIpc) is 2.77. The van der Waals surface area contributed by atoms with Gasteiger partial charge in [-0.2, -0.15) is 0 Å². The predicted molar refractivity (Wildman–Crippen MR) is 120 cm³/mol. The number of benzene rings is 1. The molecule has 172 valence electrons. The highest BCUT2D eigenvalue weighted by atomic mass is 16.6. The lowest BCUT2D eigenvalue weighted by Gasteiger charge is -2.35. The maximum atomic E-state index is 13.0. The molecule has 2 heterocycles. The van der Waals surface area contributed by atoms with E-state index in [4.69, 9.17) is 14.2 Å². The minimum Gasteiger partial charge on any atom is -0.490 e. The molecule has 1 fully saturated rings. The topological polar surface area (TPSA) is 81.2 Å². The number of carbonyl (C=O) groups excluding carboxylic acids is 2. The van der Waals surface area contributed by atoms with Crippen LogP contribution in [-0.2, 0) is 11.3 Å². The number of piperazine rings is 1. The molecule has 0 spiro atoms. The summed E-state index contributed by atoms with van der Waals surface area (Å²) in [5, 5.41) is 0. The average molecular weight is 442 g/mol. The Morgan fingerprint density at radius 1 is 1.00 bits per heavy atom. The normalized spacial score (nSPS) is 14.1. The number of carbonyl (C=O) groups is 2. The van der Waals surface area contributed by atoms with E-state index < -0.39 is 5.60 Å². The van der Waals surface area contributed by atoms with E-state index in [2.05, 4.69) is 4.98 Å². The fourth-order valence-electron chi connectivity index (χ4n) is 3.27. The number of pyridine rings is 1. The molecule has 1 aliphatic rings. The highest BCUT2D eigenvalue weighted by Gasteiger charge is 2.28. The number of nitrogens with zero attached hydrogens (tertiary/aromatic N) is 3. The summed E-state index contributed by atoms with van der Waals surface area (Å²) in [6.07, 6.45) is 3.11. The van der Waals surface area contributed by atoms with E-state index >= 15 is 0 Å². The molecular weight excluding hydrogens is 410 g/mol. The van der Waals surface area contributed by atoms with Gasteiger partial charge in [0.2, 0.25) is 0 Å². The highest BCUT2D eigenvalue weighted by molar-refractivity contribution is 5.95. The van der Waals surface area contributed by atoms with Crippen LogP contribution in [0.5, 0.6) is 11.5 Å². The number of rotatable bonds is 6. The Balaban J connectivity index is 1.62. The first-order valence-corrected chi connectivity index (χ1v) is 10.8. The van der Waals surface area contributed by atoms with Crippen LogP contribution in [0.25, 0.3) is 0 Å². The summed E-state index contributed by atoms with van der Waals surface area (Å²) in [4.78, 5) is 32.7. The maximum absolute atomic E-state index is 13.0. The van der Waals surface area contributed by atoms with E-state index in [0.717, 1.165) is 5.56 Å². The fraction of sp³-hybridized carbons (Fsp3) is 0.458. The highest BCUT2D eigenvalue weighted by Crippen LogP contribution is 2.30. The molecule has 0 saturated carbocycles. The van der Waals surface area contributed by atoms with Gasteiger partial charge in [-0.1, -0.05) is 6.07 Å². The second kappa shape index (κ2) is 10.3. The summed E-state index contributed by atoms with van der Waals surface area (Å²) in [6, 6.07) is 8.99. The molecule has 8 heteroatoms. The van der Waals surface area contributed by atoms with Crippen LogP contribution in [-0.4, -0.2) is 65.2 Å². The van der Waals surface area contributed by atoms with Crippen molar-refractivity contribution in [2.45, 2.75) is 39.9 Å². The molecule has 0 N–H and O–H groups in total. The second-order valence-electron chi connectivity index (χ2n) is 8.50. The van der Waals surface area contributed by atoms with Gasteiger partial charge < -0.3 is 24.0 Å². The van der Waals surface area contributed by atoms with E-state index in [9.17, 15) is 9.59 Å². The van der Waals surface area contributed by atoms with Crippen molar-refractivity contribution in [2.24, 2.45) is 0 Å².